The lowest BCUT2D eigenvalue weighted by molar-refractivity contribution is -0.0102. The molecule has 17 heavy (non-hydrogen) atoms. The number of aliphatic hydroxyl groups is 1. The fourth-order valence-electron chi connectivity index (χ4n) is 2.54. The molecule has 1 saturated heterocycles. The summed E-state index contributed by atoms with van der Waals surface area (Å²) in [6.07, 6.45) is 2.95. The zero-order valence-corrected chi connectivity index (χ0v) is 11.0. The number of hydrogen-bond acceptors (Lipinski definition) is 2. The van der Waals surface area contributed by atoms with Crippen molar-refractivity contribution in [3.63, 3.8) is 0 Å². The second-order valence-corrected chi connectivity index (χ2v) is 5.64. The van der Waals surface area contributed by atoms with E-state index in [2.05, 4.69) is 5.32 Å². The number of hydrogen-bond donors (Lipinski definition) is 2. The summed E-state index contributed by atoms with van der Waals surface area (Å²) in [4.78, 5) is 0. The SMILES string of the molecule is CC(O)(Cc1ccc(Cl)cc1)C1CCCNC1. The quantitative estimate of drug-likeness (QED) is 0.868. The molecule has 0 spiro atoms. The van der Waals surface area contributed by atoms with Crippen molar-refractivity contribution in [1.29, 1.82) is 0 Å². The van der Waals surface area contributed by atoms with Gasteiger partial charge in [0.15, 0.2) is 0 Å². The topological polar surface area (TPSA) is 32.3 Å². The highest BCUT2D eigenvalue weighted by molar-refractivity contribution is 6.30. The first-order valence-corrected chi connectivity index (χ1v) is 6.63. The van der Waals surface area contributed by atoms with E-state index in [9.17, 15) is 5.11 Å². The summed E-state index contributed by atoms with van der Waals surface area (Å²) in [5.41, 5.74) is 0.506. The third-order valence-corrected chi connectivity index (χ3v) is 3.90. The minimum absolute atomic E-state index is 0.340. The third kappa shape index (κ3) is 3.44. The number of nitrogens with one attached hydrogen (secondary N) is 1. The summed E-state index contributed by atoms with van der Waals surface area (Å²) >= 11 is 5.86. The van der Waals surface area contributed by atoms with Gasteiger partial charge in [0.2, 0.25) is 0 Å². The van der Waals surface area contributed by atoms with Gasteiger partial charge < -0.3 is 10.4 Å². The maximum Gasteiger partial charge on any atom is 0.0700 e. The molecule has 2 rings (SSSR count). The van der Waals surface area contributed by atoms with E-state index in [1.54, 1.807) is 0 Å². The van der Waals surface area contributed by atoms with Crippen molar-refractivity contribution in [3.05, 3.63) is 34.9 Å². The first-order chi connectivity index (χ1) is 8.08. The molecule has 0 bridgehead atoms. The molecule has 94 valence electrons. The lowest BCUT2D eigenvalue weighted by Gasteiger charge is -2.36. The molecular weight excluding hydrogens is 234 g/mol. The highest BCUT2D eigenvalue weighted by Gasteiger charge is 2.32. The van der Waals surface area contributed by atoms with Crippen molar-refractivity contribution in [2.24, 2.45) is 5.92 Å². The van der Waals surface area contributed by atoms with Gasteiger partial charge in [-0.1, -0.05) is 23.7 Å². The van der Waals surface area contributed by atoms with Gasteiger partial charge in [-0.3, -0.25) is 0 Å². The summed E-state index contributed by atoms with van der Waals surface area (Å²) in [6.45, 7) is 3.94. The van der Waals surface area contributed by atoms with Crippen LogP contribution in [0.25, 0.3) is 0 Å². The molecule has 1 aromatic rings. The molecule has 0 amide bonds. The Hall–Kier alpha value is -0.570. The van der Waals surface area contributed by atoms with E-state index >= 15 is 0 Å². The Morgan fingerprint density at radius 2 is 2.12 bits per heavy atom. The van der Waals surface area contributed by atoms with Crippen LogP contribution in [0.4, 0.5) is 0 Å². The monoisotopic (exact) mass is 253 g/mol. The summed E-state index contributed by atoms with van der Waals surface area (Å²) < 4.78 is 0. The van der Waals surface area contributed by atoms with Crippen LogP contribution in [0.1, 0.15) is 25.3 Å². The predicted molar refractivity (Wildman–Crippen MR) is 71.4 cm³/mol. The van der Waals surface area contributed by atoms with Crippen molar-refractivity contribution in [1.82, 2.24) is 5.32 Å². The second-order valence-electron chi connectivity index (χ2n) is 5.20. The minimum atomic E-state index is -0.638. The second kappa shape index (κ2) is 5.38. The van der Waals surface area contributed by atoms with Crippen LogP contribution in [0.5, 0.6) is 0 Å². The van der Waals surface area contributed by atoms with Crippen molar-refractivity contribution >= 4 is 11.6 Å². The highest BCUT2D eigenvalue weighted by Crippen LogP contribution is 2.27. The predicted octanol–water partition coefficient (Wildman–Crippen LogP) is 2.63. The van der Waals surface area contributed by atoms with E-state index in [1.165, 1.54) is 0 Å². The first kappa shape index (κ1) is 12.9. The smallest absolute Gasteiger partial charge is 0.0700 e. The zero-order chi connectivity index (χ0) is 12.3. The summed E-state index contributed by atoms with van der Waals surface area (Å²) in [7, 11) is 0. The molecule has 3 heteroatoms. The van der Waals surface area contributed by atoms with Crippen molar-refractivity contribution < 1.29 is 5.11 Å². The van der Waals surface area contributed by atoms with Crippen LogP contribution in [0.2, 0.25) is 5.02 Å². The normalized spacial score (nSPS) is 24.3. The molecule has 1 heterocycles. The standard InChI is InChI=1S/C14H20ClNO/c1-14(17,12-3-2-8-16-10-12)9-11-4-6-13(15)7-5-11/h4-7,12,16-17H,2-3,8-10H2,1H3. The Labute approximate surface area is 108 Å². The summed E-state index contributed by atoms with van der Waals surface area (Å²) in [6, 6.07) is 7.75. The van der Waals surface area contributed by atoms with Crippen molar-refractivity contribution in [2.45, 2.75) is 31.8 Å². The summed E-state index contributed by atoms with van der Waals surface area (Å²) in [5.74, 6) is 0.340. The van der Waals surface area contributed by atoms with Gasteiger partial charge >= 0.3 is 0 Å². The fourth-order valence-corrected chi connectivity index (χ4v) is 2.67. The average molecular weight is 254 g/mol. The lowest BCUT2D eigenvalue weighted by atomic mass is 9.79. The molecule has 1 aromatic carbocycles. The maximum atomic E-state index is 10.6. The molecular formula is C14H20ClNO. The molecule has 0 radical (unpaired) electrons. The molecule has 2 atom stereocenters. The molecule has 2 nitrogen and oxygen atoms in total. The molecule has 0 aliphatic carbocycles. The minimum Gasteiger partial charge on any atom is -0.389 e. The number of rotatable bonds is 3. The molecule has 2 N–H and O–H groups in total. The third-order valence-electron chi connectivity index (χ3n) is 3.65. The fraction of sp³-hybridized carbons (Fsp3) is 0.571. The average Bonchev–Trinajstić information content (AvgIpc) is 2.33. The molecule has 1 aliphatic heterocycles. The van der Waals surface area contributed by atoms with Crippen LogP contribution in [-0.2, 0) is 6.42 Å². The summed E-state index contributed by atoms with van der Waals surface area (Å²) in [5, 5.41) is 14.7. The Balaban J connectivity index is 2.02. The molecule has 2 unspecified atom stereocenters. The van der Waals surface area contributed by atoms with Gasteiger partial charge in [-0.15, -0.1) is 0 Å². The lowest BCUT2D eigenvalue weighted by Crippen LogP contribution is -2.45. The number of benzene rings is 1. The van der Waals surface area contributed by atoms with Crippen LogP contribution in [0, 0.1) is 5.92 Å². The van der Waals surface area contributed by atoms with Crippen LogP contribution >= 0.6 is 11.6 Å². The Bertz CT molecular complexity index is 355. The number of piperidine rings is 1. The molecule has 1 fully saturated rings. The van der Waals surface area contributed by atoms with Gasteiger partial charge in [0.1, 0.15) is 0 Å². The highest BCUT2D eigenvalue weighted by atomic mass is 35.5. The van der Waals surface area contributed by atoms with E-state index in [0.29, 0.717) is 12.3 Å². The van der Waals surface area contributed by atoms with Crippen LogP contribution in [0.3, 0.4) is 0 Å². The van der Waals surface area contributed by atoms with Crippen LogP contribution in [0.15, 0.2) is 24.3 Å². The first-order valence-electron chi connectivity index (χ1n) is 6.25. The van der Waals surface area contributed by atoms with E-state index in [0.717, 1.165) is 36.5 Å². The van der Waals surface area contributed by atoms with Gasteiger partial charge in [-0.05, 0) is 44.0 Å². The Morgan fingerprint density at radius 1 is 1.41 bits per heavy atom. The van der Waals surface area contributed by atoms with Gasteiger partial charge in [0, 0.05) is 23.9 Å². The largest absolute Gasteiger partial charge is 0.389 e. The van der Waals surface area contributed by atoms with E-state index < -0.39 is 5.60 Å². The van der Waals surface area contributed by atoms with Crippen molar-refractivity contribution in [2.75, 3.05) is 13.1 Å². The zero-order valence-electron chi connectivity index (χ0n) is 10.2. The van der Waals surface area contributed by atoms with Crippen molar-refractivity contribution in [3.8, 4) is 0 Å². The van der Waals surface area contributed by atoms with Gasteiger partial charge in [0.25, 0.3) is 0 Å². The van der Waals surface area contributed by atoms with Gasteiger partial charge in [-0.2, -0.15) is 0 Å². The van der Waals surface area contributed by atoms with Crippen LogP contribution < -0.4 is 5.32 Å². The van der Waals surface area contributed by atoms with Gasteiger partial charge in [-0.25, -0.2) is 0 Å². The molecule has 0 aromatic heterocycles. The molecule has 1 aliphatic rings. The Morgan fingerprint density at radius 3 is 2.71 bits per heavy atom. The van der Waals surface area contributed by atoms with E-state index in [-0.39, 0.29) is 0 Å². The number of halogens is 1. The van der Waals surface area contributed by atoms with E-state index in [1.807, 2.05) is 31.2 Å². The molecule has 0 saturated carbocycles. The Kier molecular flexibility index (Phi) is 4.08. The maximum absolute atomic E-state index is 10.6. The van der Waals surface area contributed by atoms with E-state index in [4.69, 9.17) is 11.6 Å². The van der Waals surface area contributed by atoms with Crippen LogP contribution in [-0.4, -0.2) is 23.8 Å². The van der Waals surface area contributed by atoms with Gasteiger partial charge in [0.05, 0.1) is 5.60 Å².